The number of rotatable bonds is 7. The van der Waals surface area contributed by atoms with Crippen molar-refractivity contribution in [3.05, 3.63) is 29.3 Å². The number of nitrogens with zero attached hydrogens (tertiary/aromatic N) is 1. The van der Waals surface area contributed by atoms with Gasteiger partial charge >= 0.3 is 0 Å². The van der Waals surface area contributed by atoms with E-state index in [0.717, 1.165) is 12.8 Å². The highest BCUT2D eigenvalue weighted by Crippen LogP contribution is 2.22. The molecule has 0 heterocycles. The molecule has 1 aliphatic carbocycles. The number of carbonyl (C=O) groups is 1. The summed E-state index contributed by atoms with van der Waals surface area (Å²) >= 11 is 5.96. The Balaban J connectivity index is 1.87. The molecule has 0 aromatic heterocycles. The molecule has 25 heavy (non-hydrogen) atoms. The molecule has 0 bridgehead atoms. The van der Waals surface area contributed by atoms with Crippen molar-refractivity contribution in [3.8, 4) is 0 Å². The van der Waals surface area contributed by atoms with E-state index < -0.39 is 10.0 Å². The third-order valence-corrected chi connectivity index (χ3v) is 5.91. The Morgan fingerprint density at radius 3 is 2.52 bits per heavy atom. The van der Waals surface area contributed by atoms with Gasteiger partial charge in [-0.15, -0.1) is 0 Å². The van der Waals surface area contributed by atoms with Gasteiger partial charge in [-0.05, 0) is 37.5 Å². The Morgan fingerprint density at radius 1 is 1.24 bits per heavy atom. The van der Waals surface area contributed by atoms with Crippen molar-refractivity contribution in [3.63, 3.8) is 0 Å². The van der Waals surface area contributed by atoms with Crippen LogP contribution in [0.4, 0.5) is 5.69 Å². The van der Waals surface area contributed by atoms with Gasteiger partial charge in [0.05, 0.1) is 11.9 Å². The molecule has 0 spiro atoms. The van der Waals surface area contributed by atoms with Crippen LogP contribution in [0.2, 0.25) is 5.02 Å². The summed E-state index contributed by atoms with van der Waals surface area (Å²) in [5, 5.41) is 3.58. The highest BCUT2D eigenvalue weighted by molar-refractivity contribution is 7.92. The zero-order chi connectivity index (χ0) is 18.3. The van der Waals surface area contributed by atoms with Gasteiger partial charge in [-0.25, -0.2) is 8.42 Å². The van der Waals surface area contributed by atoms with E-state index in [1.807, 2.05) is 0 Å². The summed E-state index contributed by atoms with van der Waals surface area (Å²) < 4.78 is 25.4. The van der Waals surface area contributed by atoms with Gasteiger partial charge in [-0.2, -0.15) is 0 Å². The van der Waals surface area contributed by atoms with E-state index in [-0.39, 0.29) is 18.5 Å². The first kappa shape index (κ1) is 20.0. The lowest BCUT2D eigenvalue weighted by Crippen LogP contribution is -2.35. The molecule has 7 heteroatoms. The molecule has 0 atom stereocenters. The smallest absolute Gasteiger partial charge is 0.232 e. The number of halogens is 1. The van der Waals surface area contributed by atoms with Gasteiger partial charge in [0.2, 0.25) is 15.9 Å². The van der Waals surface area contributed by atoms with E-state index in [1.54, 1.807) is 24.3 Å². The molecule has 0 radical (unpaired) electrons. The van der Waals surface area contributed by atoms with E-state index in [4.69, 9.17) is 11.6 Å². The van der Waals surface area contributed by atoms with Crippen LogP contribution in [0.25, 0.3) is 0 Å². The predicted octanol–water partition coefficient (Wildman–Crippen LogP) is 3.73. The molecule has 0 unspecified atom stereocenters. The normalized spacial score (nSPS) is 16.2. The second-order valence-electron chi connectivity index (χ2n) is 6.67. The molecule has 1 aromatic rings. The molecular weight excluding hydrogens is 360 g/mol. The van der Waals surface area contributed by atoms with Crippen LogP contribution in [0.15, 0.2) is 24.3 Å². The average molecular weight is 387 g/mol. The van der Waals surface area contributed by atoms with Crippen LogP contribution in [0.1, 0.15) is 51.4 Å². The fourth-order valence-electron chi connectivity index (χ4n) is 3.22. The largest absolute Gasteiger partial charge is 0.353 e. The first-order valence-electron chi connectivity index (χ1n) is 8.89. The maximum absolute atomic E-state index is 12.1. The lowest BCUT2D eigenvalue weighted by Gasteiger charge is -2.23. The summed E-state index contributed by atoms with van der Waals surface area (Å²) in [6, 6.07) is 7.02. The van der Waals surface area contributed by atoms with Gasteiger partial charge in [-0.1, -0.05) is 43.4 Å². The average Bonchev–Trinajstić information content (AvgIpc) is 2.79. The topological polar surface area (TPSA) is 66.5 Å². The molecule has 1 aromatic carbocycles. The van der Waals surface area contributed by atoms with Crippen molar-refractivity contribution >= 4 is 33.2 Å². The molecule has 1 aliphatic rings. The number of amides is 1. The van der Waals surface area contributed by atoms with Crippen LogP contribution < -0.4 is 9.62 Å². The molecular formula is C18H27ClN2O3S. The lowest BCUT2D eigenvalue weighted by atomic mass is 10.1. The van der Waals surface area contributed by atoms with Crippen LogP contribution in [0, 0.1) is 0 Å². The van der Waals surface area contributed by atoms with Gasteiger partial charge in [0.25, 0.3) is 0 Å². The highest BCUT2D eigenvalue weighted by atomic mass is 35.5. The first-order chi connectivity index (χ1) is 11.9. The second-order valence-corrected chi connectivity index (χ2v) is 9.02. The minimum absolute atomic E-state index is 0.00597. The Kier molecular flexibility index (Phi) is 7.56. The zero-order valence-electron chi connectivity index (χ0n) is 14.7. The predicted molar refractivity (Wildman–Crippen MR) is 103 cm³/mol. The number of carbonyl (C=O) groups excluding carboxylic acids is 1. The Labute approximate surface area is 155 Å². The molecule has 140 valence electrons. The molecule has 0 aliphatic heterocycles. The van der Waals surface area contributed by atoms with Crippen LogP contribution in [-0.2, 0) is 14.8 Å². The number of anilines is 1. The summed E-state index contributed by atoms with van der Waals surface area (Å²) in [4.78, 5) is 12.1. The zero-order valence-corrected chi connectivity index (χ0v) is 16.3. The number of nitrogens with one attached hydrogen (secondary N) is 1. The number of sulfonamides is 1. The summed E-state index contributed by atoms with van der Waals surface area (Å²) in [6.45, 7) is 0.261. The Bertz CT molecular complexity index is 671. The fourth-order valence-corrected chi connectivity index (χ4v) is 4.37. The number of hydrogen-bond acceptors (Lipinski definition) is 3. The van der Waals surface area contributed by atoms with E-state index in [2.05, 4.69) is 5.32 Å². The van der Waals surface area contributed by atoms with Crippen molar-refractivity contribution in [2.24, 2.45) is 0 Å². The van der Waals surface area contributed by atoms with Crippen LogP contribution in [0.5, 0.6) is 0 Å². The van der Waals surface area contributed by atoms with E-state index >= 15 is 0 Å². The Hall–Kier alpha value is -1.27. The number of benzene rings is 1. The maximum Gasteiger partial charge on any atom is 0.232 e. The summed E-state index contributed by atoms with van der Waals surface area (Å²) in [6.07, 6.45) is 8.88. The molecule has 2 rings (SSSR count). The van der Waals surface area contributed by atoms with Crippen molar-refractivity contribution in [2.75, 3.05) is 17.1 Å². The van der Waals surface area contributed by atoms with Crippen LogP contribution in [0.3, 0.4) is 0 Å². The first-order valence-corrected chi connectivity index (χ1v) is 11.1. The van der Waals surface area contributed by atoms with Gasteiger partial charge in [-0.3, -0.25) is 9.10 Å². The van der Waals surface area contributed by atoms with E-state index in [1.165, 1.54) is 36.2 Å². The molecule has 1 saturated carbocycles. The molecule has 1 fully saturated rings. The van der Waals surface area contributed by atoms with Crippen molar-refractivity contribution < 1.29 is 13.2 Å². The standard InChI is InChI=1S/C18H27ClN2O3S/c1-25(23,24)21(17-11-6-8-15(19)14-17)13-7-12-18(22)20-16-9-4-2-3-5-10-16/h6,8,11,14,16H,2-5,7,9-10,12-13H2,1H3,(H,20,22). The highest BCUT2D eigenvalue weighted by Gasteiger charge is 2.19. The SMILES string of the molecule is CS(=O)(=O)N(CCCC(=O)NC1CCCCCC1)c1cccc(Cl)c1. The van der Waals surface area contributed by atoms with E-state index in [9.17, 15) is 13.2 Å². The van der Waals surface area contributed by atoms with Gasteiger partial charge in [0, 0.05) is 24.0 Å². The lowest BCUT2D eigenvalue weighted by molar-refractivity contribution is -0.121. The van der Waals surface area contributed by atoms with Crippen molar-refractivity contribution in [1.82, 2.24) is 5.32 Å². The molecule has 0 saturated heterocycles. The molecule has 5 nitrogen and oxygen atoms in total. The monoisotopic (exact) mass is 386 g/mol. The van der Waals surface area contributed by atoms with Crippen LogP contribution >= 0.6 is 11.6 Å². The van der Waals surface area contributed by atoms with Crippen molar-refractivity contribution in [2.45, 2.75) is 57.4 Å². The van der Waals surface area contributed by atoms with Crippen molar-refractivity contribution in [1.29, 1.82) is 0 Å². The minimum atomic E-state index is -3.42. The number of hydrogen-bond donors (Lipinski definition) is 1. The Morgan fingerprint density at radius 2 is 1.92 bits per heavy atom. The molecule has 1 N–H and O–H groups in total. The van der Waals surface area contributed by atoms with Crippen LogP contribution in [-0.4, -0.2) is 33.2 Å². The quantitative estimate of drug-likeness (QED) is 0.726. The van der Waals surface area contributed by atoms with E-state index in [0.29, 0.717) is 23.6 Å². The third kappa shape index (κ3) is 6.86. The summed E-state index contributed by atoms with van der Waals surface area (Å²) in [5.74, 6) is 0.00597. The maximum atomic E-state index is 12.1. The summed E-state index contributed by atoms with van der Waals surface area (Å²) in [7, 11) is -3.42. The third-order valence-electron chi connectivity index (χ3n) is 4.48. The van der Waals surface area contributed by atoms with Gasteiger partial charge < -0.3 is 5.32 Å². The fraction of sp³-hybridized carbons (Fsp3) is 0.611. The van der Waals surface area contributed by atoms with Gasteiger partial charge in [0.15, 0.2) is 0 Å². The minimum Gasteiger partial charge on any atom is -0.353 e. The molecule has 1 amide bonds. The van der Waals surface area contributed by atoms with Gasteiger partial charge in [0.1, 0.15) is 0 Å². The second kappa shape index (κ2) is 9.43. The summed E-state index contributed by atoms with van der Waals surface area (Å²) in [5.41, 5.74) is 0.527.